The van der Waals surface area contributed by atoms with Crippen LogP contribution in [0.25, 0.3) is 11.4 Å². The molecule has 0 spiro atoms. The first-order valence-electron chi connectivity index (χ1n) is 5.56. The van der Waals surface area contributed by atoms with Gasteiger partial charge in [0.1, 0.15) is 0 Å². The highest BCUT2D eigenvalue weighted by atomic mass is 35.5. The predicted octanol–water partition coefficient (Wildman–Crippen LogP) is 2.82. The van der Waals surface area contributed by atoms with Crippen LogP contribution in [0, 0.1) is 0 Å². The van der Waals surface area contributed by atoms with E-state index in [1.54, 1.807) is 6.20 Å². The van der Waals surface area contributed by atoms with Gasteiger partial charge in [0.25, 0.3) is 0 Å². The van der Waals surface area contributed by atoms with Gasteiger partial charge in [-0.2, -0.15) is 0 Å². The summed E-state index contributed by atoms with van der Waals surface area (Å²) in [7, 11) is 0. The molecule has 2 aromatic rings. The standard InChI is InChI=1S/C13H14ClN3/c1-2-12-9(7-15)8-16-13(17-12)10-5-3-4-6-11(10)14/h3-6,8H,2,7,15H2,1H3. The summed E-state index contributed by atoms with van der Waals surface area (Å²) in [5.74, 6) is 0.657. The number of nitrogens with zero attached hydrogens (tertiary/aromatic N) is 2. The van der Waals surface area contributed by atoms with Crippen LogP contribution in [0.3, 0.4) is 0 Å². The molecular formula is C13H14ClN3. The van der Waals surface area contributed by atoms with E-state index in [0.29, 0.717) is 17.4 Å². The molecule has 4 heteroatoms. The molecule has 0 radical (unpaired) electrons. The van der Waals surface area contributed by atoms with E-state index in [2.05, 4.69) is 16.9 Å². The van der Waals surface area contributed by atoms with Gasteiger partial charge in [0.2, 0.25) is 0 Å². The van der Waals surface area contributed by atoms with E-state index in [0.717, 1.165) is 23.2 Å². The van der Waals surface area contributed by atoms with Crippen LogP contribution in [0.15, 0.2) is 30.5 Å². The van der Waals surface area contributed by atoms with Crippen LogP contribution in [0.1, 0.15) is 18.2 Å². The molecule has 1 aromatic carbocycles. The molecule has 1 aromatic heterocycles. The van der Waals surface area contributed by atoms with Crippen molar-refractivity contribution in [3.05, 3.63) is 46.7 Å². The molecule has 0 aliphatic heterocycles. The molecule has 0 aliphatic rings. The molecule has 0 saturated carbocycles. The van der Waals surface area contributed by atoms with E-state index in [-0.39, 0.29) is 0 Å². The van der Waals surface area contributed by atoms with E-state index >= 15 is 0 Å². The van der Waals surface area contributed by atoms with Gasteiger partial charge in [-0.25, -0.2) is 9.97 Å². The van der Waals surface area contributed by atoms with Crippen LogP contribution in [0.5, 0.6) is 0 Å². The van der Waals surface area contributed by atoms with Crippen LogP contribution in [-0.4, -0.2) is 9.97 Å². The second-order valence-corrected chi connectivity index (χ2v) is 4.11. The summed E-state index contributed by atoms with van der Waals surface area (Å²) in [6.07, 6.45) is 2.62. The Hall–Kier alpha value is -1.45. The fourth-order valence-electron chi connectivity index (χ4n) is 1.69. The number of aryl methyl sites for hydroxylation is 1. The minimum atomic E-state index is 0.464. The predicted molar refractivity (Wildman–Crippen MR) is 69.7 cm³/mol. The van der Waals surface area contributed by atoms with Gasteiger partial charge in [0.05, 0.1) is 5.02 Å². The van der Waals surface area contributed by atoms with Crippen molar-refractivity contribution < 1.29 is 0 Å². The van der Waals surface area contributed by atoms with Crippen LogP contribution in [0.2, 0.25) is 5.02 Å². The van der Waals surface area contributed by atoms with Gasteiger partial charge >= 0.3 is 0 Å². The molecule has 1 heterocycles. The fourth-order valence-corrected chi connectivity index (χ4v) is 1.91. The van der Waals surface area contributed by atoms with E-state index in [4.69, 9.17) is 17.3 Å². The highest BCUT2D eigenvalue weighted by Crippen LogP contribution is 2.24. The maximum atomic E-state index is 6.12. The van der Waals surface area contributed by atoms with Gasteiger partial charge in [0.15, 0.2) is 5.82 Å². The first-order valence-corrected chi connectivity index (χ1v) is 5.93. The zero-order valence-corrected chi connectivity index (χ0v) is 10.4. The molecule has 2 rings (SSSR count). The van der Waals surface area contributed by atoms with Crippen LogP contribution in [0.4, 0.5) is 0 Å². The van der Waals surface area contributed by atoms with Crippen LogP contribution < -0.4 is 5.73 Å². The largest absolute Gasteiger partial charge is 0.326 e. The van der Waals surface area contributed by atoms with E-state index in [1.807, 2.05) is 24.3 Å². The number of aromatic nitrogens is 2. The molecule has 0 bridgehead atoms. The van der Waals surface area contributed by atoms with Gasteiger partial charge in [-0.3, -0.25) is 0 Å². The third-order valence-corrected chi connectivity index (χ3v) is 2.95. The Morgan fingerprint density at radius 2 is 2.06 bits per heavy atom. The van der Waals surface area contributed by atoms with Crippen molar-refractivity contribution in [2.75, 3.05) is 0 Å². The van der Waals surface area contributed by atoms with Gasteiger partial charge in [-0.05, 0) is 18.6 Å². The first-order chi connectivity index (χ1) is 8.26. The van der Waals surface area contributed by atoms with Gasteiger partial charge in [-0.1, -0.05) is 30.7 Å². The SMILES string of the molecule is CCc1nc(-c2ccccc2Cl)ncc1CN. The molecule has 88 valence electrons. The average molecular weight is 248 g/mol. The summed E-state index contributed by atoms with van der Waals surface area (Å²) in [5, 5.41) is 0.662. The topological polar surface area (TPSA) is 51.8 Å². The second kappa shape index (κ2) is 5.25. The number of hydrogen-bond acceptors (Lipinski definition) is 3. The Bertz CT molecular complexity index is 526. The lowest BCUT2D eigenvalue weighted by Gasteiger charge is -2.08. The minimum Gasteiger partial charge on any atom is -0.326 e. The number of nitrogens with two attached hydrogens (primary N) is 1. The monoisotopic (exact) mass is 247 g/mol. The van der Waals surface area contributed by atoms with E-state index < -0.39 is 0 Å². The Labute approximate surface area is 106 Å². The smallest absolute Gasteiger partial charge is 0.160 e. The highest BCUT2D eigenvalue weighted by molar-refractivity contribution is 6.33. The molecule has 0 atom stereocenters. The summed E-state index contributed by atoms with van der Waals surface area (Å²) in [5.41, 5.74) is 8.47. The van der Waals surface area contributed by atoms with Crippen LogP contribution in [-0.2, 0) is 13.0 Å². The summed E-state index contributed by atoms with van der Waals surface area (Å²) in [6.45, 7) is 2.52. The normalized spacial score (nSPS) is 10.5. The molecule has 0 amide bonds. The molecular weight excluding hydrogens is 234 g/mol. The average Bonchev–Trinajstić information content (AvgIpc) is 2.38. The van der Waals surface area contributed by atoms with Crippen molar-refractivity contribution in [2.24, 2.45) is 5.73 Å². The Balaban J connectivity index is 2.50. The Morgan fingerprint density at radius 1 is 1.29 bits per heavy atom. The van der Waals surface area contributed by atoms with Gasteiger partial charge in [0, 0.05) is 29.6 Å². The molecule has 0 fully saturated rings. The molecule has 3 nitrogen and oxygen atoms in total. The van der Waals surface area contributed by atoms with E-state index in [1.165, 1.54) is 0 Å². The van der Waals surface area contributed by atoms with Crippen molar-refractivity contribution in [3.8, 4) is 11.4 Å². The summed E-state index contributed by atoms with van der Waals surface area (Å²) < 4.78 is 0. The molecule has 2 N–H and O–H groups in total. The summed E-state index contributed by atoms with van der Waals surface area (Å²) >= 11 is 6.12. The minimum absolute atomic E-state index is 0.464. The quantitative estimate of drug-likeness (QED) is 0.908. The lowest BCUT2D eigenvalue weighted by atomic mass is 10.1. The summed E-state index contributed by atoms with van der Waals surface area (Å²) in [6, 6.07) is 7.57. The maximum absolute atomic E-state index is 6.12. The summed E-state index contributed by atoms with van der Waals surface area (Å²) in [4.78, 5) is 8.83. The van der Waals surface area contributed by atoms with Crippen LogP contribution >= 0.6 is 11.6 Å². The third kappa shape index (κ3) is 2.46. The highest BCUT2D eigenvalue weighted by Gasteiger charge is 2.08. The zero-order valence-electron chi connectivity index (χ0n) is 9.65. The van der Waals surface area contributed by atoms with Crippen molar-refractivity contribution in [1.29, 1.82) is 0 Å². The maximum Gasteiger partial charge on any atom is 0.160 e. The number of hydrogen-bond donors (Lipinski definition) is 1. The lowest BCUT2D eigenvalue weighted by Crippen LogP contribution is -2.05. The Kier molecular flexibility index (Phi) is 3.71. The number of rotatable bonds is 3. The van der Waals surface area contributed by atoms with Gasteiger partial charge in [-0.15, -0.1) is 0 Å². The van der Waals surface area contributed by atoms with Crippen molar-refractivity contribution >= 4 is 11.6 Å². The second-order valence-electron chi connectivity index (χ2n) is 3.70. The van der Waals surface area contributed by atoms with Crippen molar-refractivity contribution in [3.63, 3.8) is 0 Å². The lowest BCUT2D eigenvalue weighted by molar-refractivity contribution is 0.919. The Morgan fingerprint density at radius 3 is 2.71 bits per heavy atom. The van der Waals surface area contributed by atoms with Gasteiger partial charge < -0.3 is 5.73 Å². The molecule has 0 unspecified atom stereocenters. The van der Waals surface area contributed by atoms with E-state index in [9.17, 15) is 0 Å². The number of benzene rings is 1. The fraction of sp³-hybridized carbons (Fsp3) is 0.231. The van der Waals surface area contributed by atoms with Crippen molar-refractivity contribution in [2.45, 2.75) is 19.9 Å². The van der Waals surface area contributed by atoms with Crippen molar-refractivity contribution in [1.82, 2.24) is 9.97 Å². The zero-order chi connectivity index (χ0) is 12.3. The molecule has 0 saturated heterocycles. The number of halogens is 1. The molecule has 0 aliphatic carbocycles. The third-order valence-electron chi connectivity index (χ3n) is 2.62. The first kappa shape index (κ1) is 12.0. The molecule has 17 heavy (non-hydrogen) atoms.